The number of tetrazole rings is 1. The van der Waals surface area contributed by atoms with Gasteiger partial charge in [0.05, 0.1) is 24.0 Å². The van der Waals surface area contributed by atoms with Crippen LogP contribution in [0.5, 0.6) is 0 Å². The van der Waals surface area contributed by atoms with Crippen molar-refractivity contribution < 1.29 is 4.79 Å². The van der Waals surface area contributed by atoms with Crippen LogP contribution in [0.4, 0.5) is 0 Å². The fourth-order valence-corrected chi connectivity index (χ4v) is 2.57. The summed E-state index contributed by atoms with van der Waals surface area (Å²) in [4.78, 5) is 24.2. The molecule has 2 heterocycles. The van der Waals surface area contributed by atoms with Gasteiger partial charge in [0.25, 0.3) is 5.91 Å². The van der Waals surface area contributed by atoms with Gasteiger partial charge in [0.15, 0.2) is 0 Å². The van der Waals surface area contributed by atoms with E-state index in [4.69, 9.17) is 0 Å². The number of para-hydroxylation sites is 1. The van der Waals surface area contributed by atoms with Crippen LogP contribution in [-0.4, -0.2) is 36.1 Å². The van der Waals surface area contributed by atoms with Gasteiger partial charge in [0.1, 0.15) is 0 Å². The van der Waals surface area contributed by atoms with Crippen LogP contribution in [-0.2, 0) is 6.54 Å². The lowest BCUT2D eigenvalue weighted by Gasteiger charge is -2.11. The summed E-state index contributed by atoms with van der Waals surface area (Å²) in [6.45, 7) is 2.03. The first kappa shape index (κ1) is 15.1. The second-order valence-electron chi connectivity index (χ2n) is 4.98. The molecule has 1 atom stereocenters. The molecule has 0 saturated heterocycles. The van der Waals surface area contributed by atoms with Gasteiger partial charge in [-0.3, -0.25) is 4.79 Å². The van der Waals surface area contributed by atoms with Crippen LogP contribution in [0.3, 0.4) is 0 Å². The minimum absolute atomic E-state index is 0.227. The maximum atomic E-state index is 12.3. The number of carbonyl (C=O) groups excluding carboxylic acids is 1. The summed E-state index contributed by atoms with van der Waals surface area (Å²) in [5.74, 6) is -0.227. The second-order valence-corrected chi connectivity index (χ2v) is 5.64. The maximum Gasteiger partial charge on any atom is 0.368 e. The highest BCUT2D eigenvalue weighted by atomic mass is 32.1. The van der Waals surface area contributed by atoms with E-state index in [1.54, 1.807) is 24.4 Å². The average Bonchev–Trinajstić information content (AvgIpc) is 3.19. The number of nitrogens with one attached hydrogen (secondary N) is 1. The number of aromatic nitrogens is 5. The Bertz CT molecular complexity index is 840. The van der Waals surface area contributed by atoms with Gasteiger partial charge in [-0.05, 0) is 41.0 Å². The summed E-state index contributed by atoms with van der Waals surface area (Å²) in [5.41, 5.74) is 0.793. The van der Waals surface area contributed by atoms with Crippen molar-refractivity contribution in [1.29, 1.82) is 0 Å². The predicted octanol–water partition coefficient (Wildman–Crippen LogP) is 0.704. The second kappa shape index (κ2) is 6.53. The molecule has 0 aliphatic rings. The number of benzene rings is 1. The van der Waals surface area contributed by atoms with E-state index >= 15 is 0 Å². The van der Waals surface area contributed by atoms with Crippen LogP contribution < -0.4 is 11.0 Å². The van der Waals surface area contributed by atoms with Crippen molar-refractivity contribution in [3.05, 3.63) is 58.0 Å². The fraction of sp³-hybridized carbons (Fsp3) is 0.214. The Kier molecular flexibility index (Phi) is 4.29. The number of amides is 1. The maximum absolute atomic E-state index is 12.3. The molecule has 8 nitrogen and oxygen atoms in total. The standard InChI is InChI=1S/C14H14N6O2S/c1-10(16-13(21)11-7-15-23-9-11)8-19-14(22)20(18-17-19)12-5-3-2-4-6-12/h2-7,9-10H,8H2,1H3,(H,16,21)/t10-/m0/s1. The highest BCUT2D eigenvalue weighted by Gasteiger charge is 2.14. The lowest BCUT2D eigenvalue weighted by atomic mass is 10.3. The molecule has 3 aromatic rings. The zero-order valence-electron chi connectivity index (χ0n) is 12.3. The lowest BCUT2D eigenvalue weighted by Crippen LogP contribution is -2.38. The van der Waals surface area contributed by atoms with Gasteiger partial charge in [-0.15, -0.1) is 0 Å². The third-order valence-electron chi connectivity index (χ3n) is 3.16. The minimum atomic E-state index is -0.352. The van der Waals surface area contributed by atoms with Gasteiger partial charge in [0, 0.05) is 11.4 Å². The van der Waals surface area contributed by atoms with Crippen molar-refractivity contribution >= 4 is 17.4 Å². The number of rotatable bonds is 5. The monoisotopic (exact) mass is 330 g/mol. The van der Waals surface area contributed by atoms with Crippen molar-refractivity contribution in [3.8, 4) is 5.69 Å². The van der Waals surface area contributed by atoms with Crippen LogP contribution in [0, 0.1) is 0 Å². The summed E-state index contributed by atoms with van der Waals surface area (Å²) < 4.78 is 6.33. The van der Waals surface area contributed by atoms with E-state index < -0.39 is 0 Å². The topological polar surface area (TPSA) is 94.7 Å². The molecule has 1 N–H and O–H groups in total. The molecule has 0 bridgehead atoms. The van der Waals surface area contributed by atoms with E-state index in [2.05, 4.69) is 20.1 Å². The molecule has 0 radical (unpaired) electrons. The molecular formula is C14H14N6O2S. The molecule has 0 aliphatic carbocycles. The first-order valence-electron chi connectivity index (χ1n) is 6.93. The van der Waals surface area contributed by atoms with Crippen molar-refractivity contribution in [1.82, 2.24) is 29.5 Å². The van der Waals surface area contributed by atoms with Crippen molar-refractivity contribution in [3.63, 3.8) is 0 Å². The molecule has 0 aliphatic heterocycles. The van der Waals surface area contributed by atoms with Gasteiger partial charge < -0.3 is 5.32 Å². The van der Waals surface area contributed by atoms with E-state index in [0.29, 0.717) is 11.3 Å². The third kappa shape index (κ3) is 3.34. The average molecular weight is 330 g/mol. The van der Waals surface area contributed by atoms with Gasteiger partial charge in [0.2, 0.25) is 0 Å². The van der Waals surface area contributed by atoms with Crippen LogP contribution in [0.2, 0.25) is 0 Å². The van der Waals surface area contributed by atoms with Crippen LogP contribution in [0.25, 0.3) is 5.69 Å². The molecule has 1 amide bonds. The Labute approximate surface area is 135 Å². The molecule has 118 valence electrons. The minimum Gasteiger partial charge on any atom is -0.348 e. The van der Waals surface area contributed by atoms with E-state index in [9.17, 15) is 9.59 Å². The highest BCUT2D eigenvalue weighted by Crippen LogP contribution is 2.03. The molecule has 0 fully saturated rings. The molecule has 0 unspecified atom stereocenters. The Morgan fingerprint density at radius 2 is 2.09 bits per heavy atom. The van der Waals surface area contributed by atoms with Gasteiger partial charge in [-0.25, -0.2) is 9.17 Å². The summed E-state index contributed by atoms with van der Waals surface area (Å²) in [6.07, 6.45) is 1.50. The Morgan fingerprint density at radius 3 is 2.78 bits per heavy atom. The summed E-state index contributed by atoms with van der Waals surface area (Å²) in [6, 6.07) is 8.76. The van der Waals surface area contributed by atoms with Crippen molar-refractivity contribution in [2.75, 3.05) is 0 Å². The predicted molar refractivity (Wildman–Crippen MR) is 84.7 cm³/mol. The molecule has 0 saturated carbocycles. The summed E-state index contributed by atoms with van der Waals surface area (Å²) >= 11 is 1.21. The van der Waals surface area contributed by atoms with Gasteiger partial charge in [-0.2, -0.15) is 9.36 Å². The Balaban J connectivity index is 1.70. The zero-order valence-corrected chi connectivity index (χ0v) is 13.1. The quantitative estimate of drug-likeness (QED) is 0.743. The molecule has 1 aromatic carbocycles. The number of nitrogens with zero attached hydrogens (tertiary/aromatic N) is 5. The SMILES string of the molecule is C[C@@H](Cn1nnn(-c2ccccc2)c1=O)NC(=O)c1cnsc1. The fourth-order valence-electron chi connectivity index (χ4n) is 2.05. The number of carbonyl (C=O) groups is 1. The number of hydrogen-bond donors (Lipinski definition) is 1. The number of hydrogen-bond acceptors (Lipinski definition) is 6. The van der Waals surface area contributed by atoms with Crippen LogP contribution in [0.1, 0.15) is 17.3 Å². The third-order valence-corrected chi connectivity index (χ3v) is 3.75. The van der Waals surface area contributed by atoms with E-state index in [1.165, 1.54) is 27.1 Å². The van der Waals surface area contributed by atoms with Crippen LogP contribution in [0.15, 0.2) is 46.7 Å². The zero-order chi connectivity index (χ0) is 16.2. The molecule has 3 rings (SSSR count). The lowest BCUT2D eigenvalue weighted by molar-refractivity contribution is 0.0936. The first-order chi connectivity index (χ1) is 11.1. The first-order valence-corrected chi connectivity index (χ1v) is 7.77. The summed E-state index contributed by atoms with van der Waals surface area (Å²) in [5, 5.41) is 12.2. The summed E-state index contributed by atoms with van der Waals surface area (Å²) in [7, 11) is 0. The molecule has 23 heavy (non-hydrogen) atoms. The van der Waals surface area contributed by atoms with E-state index in [1.807, 2.05) is 18.2 Å². The Hall–Kier alpha value is -2.81. The molecule has 0 spiro atoms. The van der Waals surface area contributed by atoms with Crippen molar-refractivity contribution in [2.45, 2.75) is 19.5 Å². The van der Waals surface area contributed by atoms with E-state index in [0.717, 1.165) is 0 Å². The smallest absolute Gasteiger partial charge is 0.348 e. The molecular weight excluding hydrogens is 316 g/mol. The Morgan fingerprint density at radius 1 is 1.30 bits per heavy atom. The normalized spacial score (nSPS) is 12.0. The largest absolute Gasteiger partial charge is 0.368 e. The van der Waals surface area contributed by atoms with Crippen molar-refractivity contribution in [2.24, 2.45) is 0 Å². The molecule has 9 heteroatoms. The van der Waals surface area contributed by atoms with Crippen LogP contribution >= 0.6 is 11.5 Å². The molecule has 2 aromatic heterocycles. The van der Waals surface area contributed by atoms with Gasteiger partial charge in [-0.1, -0.05) is 18.2 Å². The highest BCUT2D eigenvalue weighted by molar-refractivity contribution is 7.03. The van der Waals surface area contributed by atoms with E-state index in [-0.39, 0.29) is 24.2 Å². The van der Waals surface area contributed by atoms with Gasteiger partial charge >= 0.3 is 5.69 Å².